The number of hydrogen-bond acceptors (Lipinski definition) is 3. The minimum absolute atomic E-state index is 0.134. The summed E-state index contributed by atoms with van der Waals surface area (Å²) in [5.74, 6) is 0.961. The second-order valence-electron chi connectivity index (χ2n) is 5.71. The van der Waals surface area contributed by atoms with E-state index in [1.165, 1.54) is 5.56 Å². The number of benzene rings is 1. The lowest BCUT2D eigenvalue weighted by Gasteiger charge is -2.23. The average Bonchev–Trinajstić information content (AvgIpc) is 2.37. The van der Waals surface area contributed by atoms with E-state index in [2.05, 4.69) is 39.1 Å². The first-order valence-corrected chi connectivity index (χ1v) is 6.94. The van der Waals surface area contributed by atoms with Crippen molar-refractivity contribution in [2.45, 2.75) is 52.3 Å². The van der Waals surface area contributed by atoms with Crippen LogP contribution in [0.4, 0.5) is 0 Å². The molecule has 0 aliphatic carbocycles. The fraction of sp³-hybridized carbons (Fsp3) is 0.625. The van der Waals surface area contributed by atoms with Crippen LogP contribution in [0.15, 0.2) is 24.3 Å². The smallest absolute Gasteiger partial charge is 0.123 e. The van der Waals surface area contributed by atoms with E-state index in [4.69, 9.17) is 9.47 Å². The summed E-state index contributed by atoms with van der Waals surface area (Å²) in [6, 6.07) is 8.66. The SMILES string of the molecule is COC(C)(C)CCOc1ccccc1CNC(C)C. The van der Waals surface area contributed by atoms with Crippen molar-refractivity contribution in [1.29, 1.82) is 0 Å². The number of hydrogen-bond donors (Lipinski definition) is 1. The van der Waals surface area contributed by atoms with Crippen LogP contribution in [-0.2, 0) is 11.3 Å². The minimum Gasteiger partial charge on any atom is -0.493 e. The Bertz CT molecular complexity index is 375. The Morgan fingerprint density at radius 3 is 2.53 bits per heavy atom. The molecule has 3 heteroatoms. The molecule has 0 heterocycles. The van der Waals surface area contributed by atoms with Gasteiger partial charge in [-0.3, -0.25) is 0 Å². The maximum absolute atomic E-state index is 5.89. The van der Waals surface area contributed by atoms with Crippen LogP contribution in [0.2, 0.25) is 0 Å². The molecule has 0 saturated heterocycles. The van der Waals surface area contributed by atoms with Gasteiger partial charge in [0.25, 0.3) is 0 Å². The van der Waals surface area contributed by atoms with Gasteiger partial charge >= 0.3 is 0 Å². The summed E-state index contributed by atoms with van der Waals surface area (Å²) in [6.45, 7) is 9.93. The normalized spacial score (nSPS) is 11.9. The van der Waals surface area contributed by atoms with Crippen molar-refractivity contribution >= 4 is 0 Å². The molecule has 0 aliphatic heterocycles. The van der Waals surface area contributed by atoms with Crippen LogP contribution < -0.4 is 10.1 Å². The number of ether oxygens (including phenoxy) is 2. The number of rotatable bonds is 8. The molecule has 0 unspecified atom stereocenters. The van der Waals surface area contributed by atoms with Crippen molar-refractivity contribution in [3.8, 4) is 5.75 Å². The van der Waals surface area contributed by atoms with E-state index in [9.17, 15) is 0 Å². The molecular weight excluding hydrogens is 238 g/mol. The van der Waals surface area contributed by atoms with Crippen molar-refractivity contribution in [3.63, 3.8) is 0 Å². The molecule has 0 saturated carbocycles. The Kier molecular flexibility index (Phi) is 6.32. The van der Waals surface area contributed by atoms with Gasteiger partial charge in [-0.25, -0.2) is 0 Å². The van der Waals surface area contributed by atoms with E-state index in [0.717, 1.165) is 18.7 Å². The van der Waals surface area contributed by atoms with Gasteiger partial charge in [0.15, 0.2) is 0 Å². The molecule has 1 aromatic rings. The summed E-state index contributed by atoms with van der Waals surface area (Å²) < 4.78 is 11.3. The second kappa shape index (κ2) is 7.51. The van der Waals surface area contributed by atoms with Gasteiger partial charge in [-0.05, 0) is 19.9 Å². The van der Waals surface area contributed by atoms with Gasteiger partial charge < -0.3 is 14.8 Å². The molecule has 0 atom stereocenters. The first kappa shape index (κ1) is 16.0. The summed E-state index contributed by atoms with van der Waals surface area (Å²) in [7, 11) is 1.74. The Labute approximate surface area is 117 Å². The molecule has 108 valence electrons. The zero-order valence-electron chi connectivity index (χ0n) is 12.8. The Balaban J connectivity index is 2.53. The fourth-order valence-electron chi connectivity index (χ4n) is 1.61. The lowest BCUT2D eigenvalue weighted by molar-refractivity contribution is 0.00537. The fourth-order valence-corrected chi connectivity index (χ4v) is 1.61. The van der Waals surface area contributed by atoms with Crippen LogP contribution in [0.25, 0.3) is 0 Å². The summed E-state index contributed by atoms with van der Waals surface area (Å²) in [6.07, 6.45) is 0.870. The van der Waals surface area contributed by atoms with Crippen LogP contribution in [0, 0.1) is 0 Å². The van der Waals surface area contributed by atoms with Gasteiger partial charge in [-0.2, -0.15) is 0 Å². The molecule has 1 N–H and O–H groups in total. The predicted molar refractivity (Wildman–Crippen MR) is 79.6 cm³/mol. The van der Waals surface area contributed by atoms with Crippen molar-refractivity contribution in [1.82, 2.24) is 5.32 Å². The molecule has 0 radical (unpaired) electrons. The third kappa shape index (κ3) is 6.08. The first-order valence-electron chi connectivity index (χ1n) is 6.94. The molecule has 0 fully saturated rings. The first-order chi connectivity index (χ1) is 8.94. The molecule has 1 aromatic carbocycles. The van der Waals surface area contributed by atoms with Crippen molar-refractivity contribution in [2.24, 2.45) is 0 Å². The highest BCUT2D eigenvalue weighted by atomic mass is 16.5. The highest BCUT2D eigenvalue weighted by Crippen LogP contribution is 2.20. The number of nitrogens with one attached hydrogen (secondary N) is 1. The van der Waals surface area contributed by atoms with Crippen molar-refractivity contribution in [2.75, 3.05) is 13.7 Å². The van der Waals surface area contributed by atoms with Gasteiger partial charge in [0.1, 0.15) is 5.75 Å². The highest BCUT2D eigenvalue weighted by Gasteiger charge is 2.16. The van der Waals surface area contributed by atoms with E-state index in [-0.39, 0.29) is 5.60 Å². The second-order valence-corrected chi connectivity index (χ2v) is 5.71. The molecule has 19 heavy (non-hydrogen) atoms. The molecule has 0 amide bonds. The maximum atomic E-state index is 5.89. The lowest BCUT2D eigenvalue weighted by atomic mass is 10.1. The third-order valence-electron chi connectivity index (χ3n) is 3.19. The quantitative estimate of drug-likeness (QED) is 0.781. The monoisotopic (exact) mass is 265 g/mol. The van der Waals surface area contributed by atoms with Crippen LogP contribution in [0.5, 0.6) is 5.75 Å². The molecule has 1 rings (SSSR count). The van der Waals surface area contributed by atoms with Gasteiger partial charge in [0, 0.05) is 31.7 Å². The maximum Gasteiger partial charge on any atom is 0.123 e. The Hall–Kier alpha value is -1.06. The van der Waals surface area contributed by atoms with Gasteiger partial charge in [-0.15, -0.1) is 0 Å². The van der Waals surface area contributed by atoms with Crippen molar-refractivity contribution in [3.05, 3.63) is 29.8 Å². The molecule has 3 nitrogen and oxygen atoms in total. The van der Waals surface area contributed by atoms with Gasteiger partial charge in [-0.1, -0.05) is 32.0 Å². The van der Waals surface area contributed by atoms with Crippen molar-refractivity contribution < 1.29 is 9.47 Å². The van der Waals surface area contributed by atoms with Gasteiger partial charge in [0.05, 0.1) is 12.2 Å². The standard InChI is InChI=1S/C16H27NO2/c1-13(2)17-12-14-8-6-7-9-15(14)19-11-10-16(3,4)18-5/h6-9,13,17H,10-12H2,1-5H3. The molecule has 0 aliphatic rings. The van der Waals surface area contributed by atoms with Gasteiger partial charge in [0.2, 0.25) is 0 Å². The summed E-state index contributed by atoms with van der Waals surface area (Å²) in [5, 5.41) is 3.42. The number of methoxy groups -OCH3 is 1. The van der Waals surface area contributed by atoms with Crippen LogP contribution in [0.1, 0.15) is 39.7 Å². The zero-order chi connectivity index (χ0) is 14.3. The van der Waals surface area contributed by atoms with E-state index < -0.39 is 0 Å². The summed E-state index contributed by atoms with van der Waals surface area (Å²) in [4.78, 5) is 0. The Morgan fingerprint density at radius 2 is 1.89 bits per heavy atom. The van der Waals surface area contributed by atoms with Crippen LogP contribution in [0.3, 0.4) is 0 Å². The van der Waals surface area contributed by atoms with E-state index in [1.54, 1.807) is 7.11 Å². The zero-order valence-corrected chi connectivity index (χ0v) is 12.8. The van der Waals surface area contributed by atoms with Crippen LogP contribution in [-0.4, -0.2) is 25.4 Å². The average molecular weight is 265 g/mol. The predicted octanol–water partition coefficient (Wildman–Crippen LogP) is 3.38. The topological polar surface area (TPSA) is 30.5 Å². The summed E-state index contributed by atoms with van der Waals surface area (Å²) in [5.41, 5.74) is 1.07. The lowest BCUT2D eigenvalue weighted by Crippen LogP contribution is -2.25. The highest BCUT2D eigenvalue weighted by molar-refractivity contribution is 5.33. The molecule has 0 aromatic heterocycles. The Morgan fingerprint density at radius 1 is 1.21 bits per heavy atom. The van der Waals surface area contributed by atoms with E-state index in [1.807, 2.05) is 18.2 Å². The molecule has 0 spiro atoms. The minimum atomic E-state index is -0.134. The molecular formula is C16H27NO2. The summed E-state index contributed by atoms with van der Waals surface area (Å²) >= 11 is 0. The van der Waals surface area contributed by atoms with E-state index in [0.29, 0.717) is 12.6 Å². The third-order valence-corrected chi connectivity index (χ3v) is 3.19. The molecule has 0 bridgehead atoms. The van der Waals surface area contributed by atoms with E-state index >= 15 is 0 Å². The largest absolute Gasteiger partial charge is 0.493 e. The number of para-hydroxylation sites is 1. The van der Waals surface area contributed by atoms with Crippen LogP contribution >= 0.6 is 0 Å².